The molecule has 0 N–H and O–H groups in total. The Kier molecular flexibility index (Phi) is 4.74. The summed E-state index contributed by atoms with van der Waals surface area (Å²) in [4.78, 5) is 26.1. The highest BCUT2D eigenvalue weighted by Crippen LogP contribution is 2.22. The molecule has 7 heteroatoms. The summed E-state index contributed by atoms with van der Waals surface area (Å²) < 4.78 is 12.4. The number of carbonyl (C=O) groups is 2. The normalized spacial score (nSPS) is 16.7. The molecule has 0 bridgehead atoms. The second-order valence-electron chi connectivity index (χ2n) is 6.48. The molecule has 3 heterocycles. The van der Waals surface area contributed by atoms with Gasteiger partial charge in [-0.2, -0.15) is 5.10 Å². The Labute approximate surface area is 156 Å². The summed E-state index contributed by atoms with van der Waals surface area (Å²) in [7, 11) is 0. The summed E-state index contributed by atoms with van der Waals surface area (Å²) in [6.07, 6.45) is 5.32. The van der Waals surface area contributed by atoms with E-state index >= 15 is 0 Å². The van der Waals surface area contributed by atoms with Gasteiger partial charge in [0, 0.05) is 25.4 Å². The van der Waals surface area contributed by atoms with Crippen LogP contribution in [-0.4, -0.2) is 33.1 Å². The van der Waals surface area contributed by atoms with E-state index in [-0.39, 0.29) is 24.9 Å². The summed E-state index contributed by atoms with van der Waals surface area (Å²) in [6, 6.07) is 13.1. The number of amides is 1. The van der Waals surface area contributed by atoms with Gasteiger partial charge in [-0.1, -0.05) is 12.1 Å². The Balaban J connectivity index is 1.30. The van der Waals surface area contributed by atoms with E-state index in [1.54, 1.807) is 28.1 Å². The molecule has 2 aromatic heterocycles. The molecular formula is C20H19N3O4. The molecule has 1 fully saturated rings. The minimum absolute atomic E-state index is 0.0584. The molecule has 1 amide bonds. The molecule has 1 saturated heterocycles. The van der Waals surface area contributed by atoms with Gasteiger partial charge in [0.1, 0.15) is 12.4 Å². The smallest absolute Gasteiger partial charge is 0.311 e. The maximum absolute atomic E-state index is 12.3. The van der Waals surface area contributed by atoms with Gasteiger partial charge in [-0.05, 0) is 35.9 Å². The van der Waals surface area contributed by atoms with Gasteiger partial charge in [-0.15, -0.1) is 0 Å². The molecule has 1 atom stereocenters. The van der Waals surface area contributed by atoms with Crippen LogP contribution in [0.1, 0.15) is 17.7 Å². The maximum atomic E-state index is 12.3. The average molecular weight is 365 g/mol. The number of likely N-dealkylation sites (tertiary alicyclic amines) is 1. The van der Waals surface area contributed by atoms with Gasteiger partial charge < -0.3 is 14.1 Å². The number of nitrogens with zero attached hydrogens (tertiary/aromatic N) is 3. The number of rotatable bonds is 6. The predicted molar refractivity (Wildman–Crippen MR) is 95.6 cm³/mol. The number of ether oxygens (including phenoxy) is 1. The van der Waals surface area contributed by atoms with Crippen molar-refractivity contribution >= 4 is 11.9 Å². The first kappa shape index (κ1) is 17.1. The number of carbonyl (C=O) groups excluding carboxylic acids is 2. The van der Waals surface area contributed by atoms with Gasteiger partial charge in [0.2, 0.25) is 5.91 Å². The first-order valence-corrected chi connectivity index (χ1v) is 8.75. The van der Waals surface area contributed by atoms with Crippen LogP contribution in [0.4, 0.5) is 0 Å². The highest BCUT2D eigenvalue weighted by atomic mass is 16.5. The Morgan fingerprint density at radius 3 is 2.78 bits per heavy atom. The highest BCUT2D eigenvalue weighted by molar-refractivity contribution is 5.86. The number of furan rings is 1. The van der Waals surface area contributed by atoms with Crippen LogP contribution < -0.4 is 0 Å². The molecule has 1 aliphatic heterocycles. The third-order valence-electron chi connectivity index (χ3n) is 4.56. The van der Waals surface area contributed by atoms with Gasteiger partial charge in [0.05, 0.1) is 24.4 Å². The van der Waals surface area contributed by atoms with E-state index in [9.17, 15) is 9.59 Å². The van der Waals surface area contributed by atoms with Gasteiger partial charge in [-0.3, -0.25) is 9.59 Å². The van der Waals surface area contributed by atoms with Crippen LogP contribution in [0, 0.1) is 5.92 Å². The van der Waals surface area contributed by atoms with Crippen molar-refractivity contribution in [3.05, 3.63) is 72.4 Å². The molecule has 3 aromatic rings. The fourth-order valence-electron chi connectivity index (χ4n) is 3.11. The van der Waals surface area contributed by atoms with E-state index in [0.29, 0.717) is 18.8 Å². The highest BCUT2D eigenvalue weighted by Gasteiger charge is 2.35. The monoisotopic (exact) mass is 365 g/mol. The fourth-order valence-corrected chi connectivity index (χ4v) is 3.11. The Hall–Kier alpha value is -3.35. The first-order chi connectivity index (χ1) is 13.2. The molecule has 1 aliphatic rings. The molecule has 0 aliphatic carbocycles. The molecule has 27 heavy (non-hydrogen) atoms. The minimum Gasteiger partial charge on any atom is -0.467 e. The van der Waals surface area contributed by atoms with Crippen molar-refractivity contribution in [1.82, 2.24) is 14.7 Å². The van der Waals surface area contributed by atoms with Crippen LogP contribution >= 0.6 is 0 Å². The zero-order valence-electron chi connectivity index (χ0n) is 14.7. The van der Waals surface area contributed by atoms with Crippen LogP contribution in [0.2, 0.25) is 0 Å². The number of esters is 1. The largest absolute Gasteiger partial charge is 0.467 e. The Bertz CT molecular complexity index is 901. The molecule has 0 saturated carbocycles. The predicted octanol–water partition coefficient (Wildman–Crippen LogP) is 2.56. The van der Waals surface area contributed by atoms with E-state index in [4.69, 9.17) is 9.15 Å². The zero-order chi connectivity index (χ0) is 18.6. The van der Waals surface area contributed by atoms with Gasteiger partial charge in [0.15, 0.2) is 0 Å². The zero-order valence-corrected chi connectivity index (χ0v) is 14.7. The van der Waals surface area contributed by atoms with E-state index in [1.807, 2.05) is 42.6 Å². The fraction of sp³-hybridized carbons (Fsp3) is 0.250. The molecule has 4 rings (SSSR count). The minimum atomic E-state index is -0.434. The third kappa shape index (κ3) is 3.92. The van der Waals surface area contributed by atoms with E-state index < -0.39 is 5.92 Å². The van der Waals surface area contributed by atoms with Crippen LogP contribution in [-0.2, 0) is 27.5 Å². The summed E-state index contributed by atoms with van der Waals surface area (Å²) in [6.45, 7) is 0.919. The SMILES string of the molecule is O=C(OCc1ccc(-n2cccn2)cc1)C1CC(=O)N(Cc2ccco2)C1. The topological polar surface area (TPSA) is 77.6 Å². The molecule has 1 unspecified atom stereocenters. The summed E-state index contributed by atoms with van der Waals surface area (Å²) in [5.74, 6) is -0.135. The molecule has 0 spiro atoms. The van der Waals surface area contributed by atoms with Gasteiger partial charge in [0.25, 0.3) is 0 Å². The van der Waals surface area contributed by atoms with Crippen LogP contribution in [0.5, 0.6) is 0 Å². The molecular weight excluding hydrogens is 346 g/mol. The van der Waals surface area contributed by atoms with Crippen molar-refractivity contribution in [3.8, 4) is 5.69 Å². The van der Waals surface area contributed by atoms with E-state index in [0.717, 1.165) is 11.3 Å². The van der Waals surface area contributed by atoms with E-state index in [1.165, 1.54) is 0 Å². The summed E-state index contributed by atoms with van der Waals surface area (Å²) in [5, 5.41) is 4.17. The van der Waals surface area contributed by atoms with Crippen molar-refractivity contribution < 1.29 is 18.7 Å². The van der Waals surface area contributed by atoms with Crippen molar-refractivity contribution in [2.24, 2.45) is 5.92 Å². The Morgan fingerprint density at radius 1 is 1.22 bits per heavy atom. The molecule has 0 radical (unpaired) electrons. The second kappa shape index (κ2) is 7.49. The van der Waals surface area contributed by atoms with Gasteiger partial charge in [-0.25, -0.2) is 4.68 Å². The summed E-state index contributed by atoms with van der Waals surface area (Å²) >= 11 is 0. The summed E-state index contributed by atoms with van der Waals surface area (Å²) in [5.41, 5.74) is 1.82. The number of aromatic nitrogens is 2. The van der Waals surface area contributed by atoms with Crippen molar-refractivity contribution in [2.45, 2.75) is 19.6 Å². The third-order valence-corrected chi connectivity index (χ3v) is 4.56. The van der Waals surface area contributed by atoms with Gasteiger partial charge >= 0.3 is 5.97 Å². The van der Waals surface area contributed by atoms with E-state index in [2.05, 4.69) is 5.10 Å². The number of hydrogen-bond donors (Lipinski definition) is 0. The maximum Gasteiger partial charge on any atom is 0.311 e. The van der Waals surface area contributed by atoms with Crippen molar-refractivity contribution in [1.29, 1.82) is 0 Å². The second-order valence-corrected chi connectivity index (χ2v) is 6.48. The lowest BCUT2D eigenvalue weighted by Gasteiger charge is -2.14. The number of benzene rings is 1. The standard InChI is InChI=1S/C20H19N3O4/c24-19-11-16(12-22(19)13-18-3-1-10-26-18)20(25)27-14-15-4-6-17(7-5-15)23-9-2-8-21-23/h1-10,16H,11-14H2. The molecule has 138 valence electrons. The lowest BCUT2D eigenvalue weighted by atomic mass is 10.1. The van der Waals surface area contributed by atoms with Crippen LogP contribution in [0.25, 0.3) is 5.69 Å². The van der Waals surface area contributed by atoms with Crippen molar-refractivity contribution in [3.63, 3.8) is 0 Å². The Morgan fingerprint density at radius 2 is 2.07 bits per heavy atom. The quantitative estimate of drug-likeness (QED) is 0.628. The van der Waals surface area contributed by atoms with Crippen LogP contribution in [0.15, 0.2) is 65.5 Å². The number of hydrogen-bond acceptors (Lipinski definition) is 5. The van der Waals surface area contributed by atoms with Crippen molar-refractivity contribution in [2.75, 3.05) is 6.54 Å². The molecule has 7 nitrogen and oxygen atoms in total. The lowest BCUT2D eigenvalue weighted by Crippen LogP contribution is -2.26. The van der Waals surface area contributed by atoms with Crippen LogP contribution in [0.3, 0.4) is 0 Å². The average Bonchev–Trinajstić information content (AvgIpc) is 3.44. The first-order valence-electron chi connectivity index (χ1n) is 8.75. The lowest BCUT2D eigenvalue weighted by molar-refractivity contribution is -0.149. The molecule has 1 aromatic carbocycles.